The van der Waals surface area contributed by atoms with E-state index in [0.29, 0.717) is 22.9 Å². The van der Waals surface area contributed by atoms with E-state index in [2.05, 4.69) is 10.4 Å². The third kappa shape index (κ3) is 4.58. The molecule has 1 amide bonds. The summed E-state index contributed by atoms with van der Waals surface area (Å²) >= 11 is 5.94. The zero-order valence-corrected chi connectivity index (χ0v) is 13.4. The summed E-state index contributed by atoms with van der Waals surface area (Å²) in [6.45, 7) is 4.29. The summed E-state index contributed by atoms with van der Waals surface area (Å²) in [6.07, 6.45) is 3.25. The molecule has 0 bridgehead atoms. The van der Waals surface area contributed by atoms with Crippen LogP contribution in [0.15, 0.2) is 36.7 Å². The smallest absolute Gasteiger partial charge is 0.254 e. The maximum atomic E-state index is 12.0. The van der Waals surface area contributed by atoms with Crippen LogP contribution in [-0.4, -0.2) is 33.4 Å². The Morgan fingerprint density at radius 3 is 2.91 bits per heavy atom. The molecule has 0 fully saturated rings. The number of carbonyl (C=O) groups excluding carboxylic acids is 1. The quantitative estimate of drug-likeness (QED) is 0.859. The number of benzene rings is 1. The van der Waals surface area contributed by atoms with Gasteiger partial charge < -0.3 is 10.4 Å². The normalized spacial score (nSPS) is 12.4. The molecule has 0 aliphatic heterocycles. The second-order valence-corrected chi connectivity index (χ2v) is 6.08. The summed E-state index contributed by atoms with van der Waals surface area (Å²) in [5.74, 6) is 0.133. The Balaban J connectivity index is 1.97. The minimum Gasteiger partial charge on any atom is -0.391 e. The lowest BCUT2D eigenvalue weighted by atomic mass is 10.1. The van der Waals surface area contributed by atoms with Crippen molar-refractivity contribution in [2.75, 3.05) is 6.54 Å². The summed E-state index contributed by atoms with van der Waals surface area (Å²) < 4.78 is 1.59. The van der Waals surface area contributed by atoms with Gasteiger partial charge in [0.05, 0.1) is 23.6 Å². The number of hydrogen-bond donors (Lipinski definition) is 2. The second-order valence-electron chi connectivity index (χ2n) is 5.65. The number of nitrogens with zero attached hydrogens (tertiary/aromatic N) is 2. The Morgan fingerprint density at radius 2 is 2.23 bits per heavy atom. The van der Waals surface area contributed by atoms with Gasteiger partial charge in [0.1, 0.15) is 0 Å². The standard InChI is InChI=1S/C16H20ClN3O2/c1-11(2)6-15(21)9-18-16(22)12-8-19-20(10-12)14-5-3-4-13(17)7-14/h3-5,7-8,10-11,15,21H,6,9H2,1-2H3,(H,18,22). The molecule has 0 aliphatic carbocycles. The van der Waals surface area contributed by atoms with Gasteiger partial charge in [0.15, 0.2) is 0 Å². The summed E-state index contributed by atoms with van der Waals surface area (Å²) in [5.41, 5.74) is 1.23. The number of hydrogen-bond acceptors (Lipinski definition) is 3. The van der Waals surface area contributed by atoms with Crippen molar-refractivity contribution >= 4 is 17.5 Å². The van der Waals surface area contributed by atoms with Crippen molar-refractivity contribution in [1.29, 1.82) is 0 Å². The molecule has 1 aromatic heterocycles. The van der Waals surface area contributed by atoms with Crippen LogP contribution in [0.1, 0.15) is 30.6 Å². The van der Waals surface area contributed by atoms with Crippen molar-refractivity contribution in [3.63, 3.8) is 0 Å². The summed E-state index contributed by atoms with van der Waals surface area (Å²) in [5, 5.41) is 17.3. The molecule has 22 heavy (non-hydrogen) atoms. The first-order chi connectivity index (χ1) is 10.5. The molecule has 0 spiro atoms. The Labute approximate surface area is 134 Å². The van der Waals surface area contributed by atoms with E-state index < -0.39 is 6.10 Å². The highest BCUT2D eigenvalue weighted by Gasteiger charge is 2.12. The van der Waals surface area contributed by atoms with Crippen LogP contribution in [0.5, 0.6) is 0 Å². The molecule has 5 nitrogen and oxygen atoms in total. The van der Waals surface area contributed by atoms with Crippen LogP contribution in [0.25, 0.3) is 5.69 Å². The third-order valence-electron chi connectivity index (χ3n) is 3.16. The highest BCUT2D eigenvalue weighted by Crippen LogP contribution is 2.14. The molecule has 2 aromatic rings. The fourth-order valence-electron chi connectivity index (χ4n) is 2.14. The molecule has 0 saturated heterocycles. The van der Waals surface area contributed by atoms with Crippen LogP contribution in [0.4, 0.5) is 0 Å². The number of aliphatic hydroxyl groups is 1. The Bertz CT molecular complexity index is 640. The lowest BCUT2D eigenvalue weighted by Gasteiger charge is -2.13. The van der Waals surface area contributed by atoms with Gasteiger partial charge in [-0.3, -0.25) is 4.79 Å². The monoisotopic (exact) mass is 321 g/mol. The van der Waals surface area contributed by atoms with E-state index in [0.717, 1.165) is 5.69 Å². The van der Waals surface area contributed by atoms with Crippen LogP contribution in [0, 0.1) is 5.92 Å². The van der Waals surface area contributed by atoms with E-state index in [1.807, 2.05) is 26.0 Å². The zero-order valence-electron chi connectivity index (χ0n) is 12.7. The molecule has 2 rings (SSSR count). The maximum Gasteiger partial charge on any atom is 0.254 e. The fourth-order valence-corrected chi connectivity index (χ4v) is 2.32. The van der Waals surface area contributed by atoms with Crippen LogP contribution in [0.2, 0.25) is 5.02 Å². The van der Waals surface area contributed by atoms with Crippen molar-refractivity contribution in [2.45, 2.75) is 26.4 Å². The molecule has 1 atom stereocenters. The number of halogens is 1. The summed E-state index contributed by atoms with van der Waals surface area (Å²) in [6, 6.07) is 7.22. The Kier molecular flexibility index (Phi) is 5.57. The molecular weight excluding hydrogens is 302 g/mol. The number of aromatic nitrogens is 2. The fraction of sp³-hybridized carbons (Fsp3) is 0.375. The van der Waals surface area contributed by atoms with Gasteiger partial charge in [-0.05, 0) is 30.5 Å². The largest absolute Gasteiger partial charge is 0.391 e. The first-order valence-electron chi connectivity index (χ1n) is 7.22. The molecule has 0 radical (unpaired) electrons. The predicted octanol–water partition coefficient (Wildman–Crippen LogP) is 2.66. The van der Waals surface area contributed by atoms with Gasteiger partial charge in [0, 0.05) is 17.8 Å². The van der Waals surface area contributed by atoms with E-state index in [9.17, 15) is 9.90 Å². The van der Waals surface area contributed by atoms with Crippen molar-refractivity contribution in [3.8, 4) is 5.69 Å². The van der Waals surface area contributed by atoms with Crippen LogP contribution < -0.4 is 5.32 Å². The number of nitrogens with one attached hydrogen (secondary N) is 1. The molecule has 2 N–H and O–H groups in total. The van der Waals surface area contributed by atoms with E-state index in [1.54, 1.807) is 23.0 Å². The van der Waals surface area contributed by atoms with E-state index in [-0.39, 0.29) is 12.5 Å². The third-order valence-corrected chi connectivity index (χ3v) is 3.39. The Hall–Kier alpha value is -1.85. The van der Waals surface area contributed by atoms with E-state index in [1.165, 1.54) is 6.20 Å². The molecule has 6 heteroatoms. The summed E-state index contributed by atoms with van der Waals surface area (Å²) in [4.78, 5) is 12.0. The van der Waals surface area contributed by atoms with Gasteiger partial charge >= 0.3 is 0 Å². The van der Waals surface area contributed by atoms with Crippen molar-refractivity contribution in [3.05, 3.63) is 47.2 Å². The van der Waals surface area contributed by atoms with Crippen molar-refractivity contribution in [1.82, 2.24) is 15.1 Å². The molecule has 1 unspecified atom stereocenters. The van der Waals surface area contributed by atoms with Gasteiger partial charge in [-0.1, -0.05) is 31.5 Å². The molecule has 0 aliphatic rings. The molecule has 1 heterocycles. The van der Waals surface area contributed by atoms with Crippen LogP contribution >= 0.6 is 11.6 Å². The van der Waals surface area contributed by atoms with Gasteiger partial charge in [0.2, 0.25) is 0 Å². The average molecular weight is 322 g/mol. The molecule has 1 aromatic carbocycles. The number of carbonyl (C=O) groups is 1. The second kappa shape index (κ2) is 7.42. The molecule has 118 valence electrons. The highest BCUT2D eigenvalue weighted by molar-refractivity contribution is 6.30. The molecular formula is C16H20ClN3O2. The van der Waals surface area contributed by atoms with Gasteiger partial charge in [-0.25, -0.2) is 4.68 Å². The molecule has 0 saturated carbocycles. The van der Waals surface area contributed by atoms with Crippen molar-refractivity contribution in [2.24, 2.45) is 5.92 Å². The Morgan fingerprint density at radius 1 is 1.45 bits per heavy atom. The van der Waals surface area contributed by atoms with Crippen LogP contribution in [0.3, 0.4) is 0 Å². The van der Waals surface area contributed by atoms with Crippen LogP contribution in [-0.2, 0) is 0 Å². The first kappa shape index (κ1) is 16.5. The zero-order chi connectivity index (χ0) is 16.1. The lowest BCUT2D eigenvalue weighted by Crippen LogP contribution is -2.32. The average Bonchev–Trinajstić information content (AvgIpc) is 2.94. The minimum atomic E-state index is -0.535. The van der Waals surface area contributed by atoms with Gasteiger partial charge in [0.25, 0.3) is 5.91 Å². The summed E-state index contributed by atoms with van der Waals surface area (Å²) in [7, 11) is 0. The minimum absolute atomic E-state index is 0.235. The maximum absolute atomic E-state index is 12.0. The SMILES string of the molecule is CC(C)CC(O)CNC(=O)c1cnn(-c2cccc(Cl)c2)c1. The van der Waals surface area contributed by atoms with Crippen molar-refractivity contribution < 1.29 is 9.90 Å². The van der Waals surface area contributed by atoms with Gasteiger partial charge in [-0.2, -0.15) is 5.10 Å². The number of rotatable bonds is 6. The van der Waals surface area contributed by atoms with Gasteiger partial charge in [-0.15, -0.1) is 0 Å². The lowest BCUT2D eigenvalue weighted by molar-refractivity contribution is 0.0900. The first-order valence-corrected chi connectivity index (χ1v) is 7.60. The predicted molar refractivity (Wildman–Crippen MR) is 86.4 cm³/mol. The topological polar surface area (TPSA) is 67.2 Å². The van der Waals surface area contributed by atoms with E-state index in [4.69, 9.17) is 11.6 Å². The van der Waals surface area contributed by atoms with E-state index >= 15 is 0 Å². The number of amides is 1. The number of aliphatic hydroxyl groups excluding tert-OH is 1. The highest BCUT2D eigenvalue weighted by atomic mass is 35.5.